The summed E-state index contributed by atoms with van der Waals surface area (Å²) in [6, 6.07) is 8.13. The smallest absolute Gasteiger partial charge is 0.244 e. The SMILES string of the molecule is COCCOc1ccc(-c2noc([C@@H]3CCCN3Cc3cccs3)n2)cn1. The minimum atomic E-state index is 0.179. The van der Waals surface area contributed by atoms with Crippen LogP contribution < -0.4 is 4.74 Å². The minimum Gasteiger partial charge on any atom is -0.475 e. The number of ether oxygens (including phenoxy) is 2. The summed E-state index contributed by atoms with van der Waals surface area (Å²) in [7, 11) is 1.64. The number of nitrogens with zero attached hydrogens (tertiary/aromatic N) is 4. The Kier molecular flexibility index (Phi) is 5.76. The van der Waals surface area contributed by atoms with Crippen molar-refractivity contribution in [3.05, 3.63) is 46.6 Å². The molecule has 1 fully saturated rings. The Hall–Kier alpha value is -2.29. The van der Waals surface area contributed by atoms with Gasteiger partial charge in [-0.2, -0.15) is 4.98 Å². The van der Waals surface area contributed by atoms with Crippen LogP contribution in [-0.4, -0.2) is 46.9 Å². The van der Waals surface area contributed by atoms with Crippen molar-refractivity contribution in [1.29, 1.82) is 0 Å². The van der Waals surface area contributed by atoms with E-state index in [1.54, 1.807) is 30.7 Å². The van der Waals surface area contributed by atoms with Crippen LogP contribution >= 0.6 is 11.3 Å². The standard InChI is InChI=1S/C19H22N4O3S/c1-24-9-10-25-17-7-6-14(12-20-17)18-21-19(26-22-18)16-5-2-8-23(16)13-15-4-3-11-27-15/h3-4,6-7,11-12,16H,2,5,8-10,13H2,1H3/t16-/m0/s1. The highest BCUT2D eigenvalue weighted by atomic mass is 32.1. The van der Waals surface area contributed by atoms with Gasteiger partial charge in [0.15, 0.2) is 0 Å². The molecule has 4 rings (SSSR count). The lowest BCUT2D eigenvalue weighted by molar-refractivity contribution is 0.144. The molecule has 0 radical (unpaired) electrons. The van der Waals surface area contributed by atoms with Crippen LogP contribution in [0.2, 0.25) is 0 Å². The molecule has 0 N–H and O–H groups in total. The van der Waals surface area contributed by atoms with Gasteiger partial charge in [-0.15, -0.1) is 11.3 Å². The zero-order chi connectivity index (χ0) is 18.5. The first-order valence-electron chi connectivity index (χ1n) is 9.01. The molecule has 0 spiro atoms. The second kappa shape index (κ2) is 8.60. The van der Waals surface area contributed by atoms with Gasteiger partial charge in [-0.3, -0.25) is 4.90 Å². The van der Waals surface area contributed by atoms with Gasteiger partial charge >= 0.3 is 0 Å². The summed E-state index contributed by atoms with van der Waals surface area (Å²) < 4.78 is 16.0. The summed E-state index contributed by atoms with van der Waals surface area (Å²) in [5.74, 6) is 1.79. The predicted molar refractivity (Wildman–Crippen MR) is 102 cm³/mol. The van der Waals surface area contributed by atoms with Gasteiger partial charge < -0.3 is 14.0 Å². The summed E-state index contributed by atoms with van der Waals surface area (Å²) in [4.78, 5) is 12.7. The molecule has 1 atom stereocenters. The molecule has 3 aromatic rings. The van der Waals surface area contributed by atoms with Crippen LogP contribution in [0.1, 0.15) is 29.7 Å². The maximum absolute atomic E-state index is 5.59. The fourth-order valence-electron chi connectivity index (χ4n) is 3.21. The Morgan fingerprint density at radius 1 is 1.30 bits per heavy atom. The van der Waals surface area contributed by atoms with E-state index < -0.39 is 0 Å². The van der Waals surface area contributed by atoms with Crippen LogP contribution in [0.4, 0.5) is 0 Å². The molecule has 1 saturated heterocycles. The molecular weight excluding hydrogens is 364 g/mol. The number of pyridine rings is 1. The largest absolute Gasteiger partial charge is 0.475 e. The molecule has 1 aliphatic rings. The molecule has 0 bridgehead atoms. The van der Waals surface area contributed by atoms with E-state index in [0.29, 0.717) is 30.8 Å². The third-order valence-electron chi connectivity index (χ3n) is 4.56. The molecule has 4 heterocycles. The van der Waals surface area contributed by atoms with E-state index in [9.17, 15) is 0 Å². The van der Waals surface area contributed by atoms with Crippen LogP contribution in [0, 0.1) is 0 Å². The van der Waals surface area contributed by atoms with Gasteiger partial charge in [-0.25, -0.2) is 4.98 Å². The number of rotatable bonds is 8. The third-order valence-corrected chi connectivity index (χ3v) is 5.42. The van der Waals surface area contributed by atoms with E-state index in [1.807, 2.05) is 6.07 Å². The van der Waals surface area contributed by atoms with E-state index in [2.05, 4.69) is 37.5 Å². The summed E-state index contributed by atoms with van der Waals surface area (Å²) in [5.41, 5.74) is 0.812. The lowest BCUT2D eigenvalue weighted by Gasteiger charge is -2.20. The van der Waals surface area contributed by atoms with Gasteiger partial charge in [0.2, 0.25) is 17.6 Å². The van der Waals surface area contributed by atoms with Crippen molar-refractivity contribution >= 4 is 11.3 Å². The molecule has 1 aliphatic heterocycles. The summed E-state index contributed by atoms with van der Waals surface area (Å²) in [6.07, 6.45) is 3.88. The number of aromatic nitrogens is 3. The molecular formula is C19H22N4O3S. The average Bonchev–Trinajstić information content (AvgIpc) is 3.45. The van der Waals surface area contributed by atoms with Gasteiger partial charge in [0.25, 0.3) is 0 Å². The summed E-state index contributed by atoms with van der Waals surface area (Å²) >= 11 is 1.78. The van der Waals surface area contributed by atoms with Crippen molar-refractivity contribution in [2.75, 3.05) is 26.9 Å². The molecule has 7 nitrogen and oxygen atoms in total. The van der Waals surface area contributed by atoms with Gasteiger partial charge in [0.1, 0.15) is 6.61 Å². The fraction of sp³-hybridized carbons (Fsp3) is 0.421. The highest BCUT2D eigenvalue weighted by Gasteiger charge is 2.31. The normalized spacial score (nSPS) is 17.4. The Morgan fingerprint density at radius 3 is 3.04 bits per heavy atom. The molecule has 3 aromatic heterocycles. The summed E-state index contributed by atoms with van der Waals surface area (Å²) in [6.45, 7) is 2.97. The summed E-state index contributed by atoms with van der Waals surface area (Å²) in [5, 5.41) is 6.27. The molecule has 27 heavy (non-hydrogen) atoms. The van der Waals surface area contributed by atoms with E-state index in [0.717, 1.165) is 31.5 Å². The van der Waals surface area contributed by atoms with E-state index in [4.69, 9.17) is 14.0 Å². The molecule has 0 saturated carbocycles. The number of hydrogen-bond donors (Lipinski definition) is 0. The van der Waals surface area contributed by atoms with Crippen molar-refractivity contribution in [3.63, 3.8) is 0 Å². The first kappa shape index (κ1) is 18.1. The molecule has 0 aliphatic carbocycles. The highest BCUT2D eigenvalue weighted by molar-refractivity contribution is 7.09. The Balaban J connectivity index is 1.43. The van der Waals surface area contributed by atoms with Gasteiger partial charge in [0.05, 0.1) is 12.6 Å². The monoisotopic (exact) mass is 386 g/mol. The second-order valence-corrected chi connectivity index (χ2v) is 7.42. The van der Waals surface area contributed by atoms with Crippen molar-refractivity contribution in [2.24, 2.45) is 0 Å². The topological polar surface area (TPSA) is 73.5 Å². The molecule has 142 valence electrons. The van der Waals surface area contributed by atoms with Crippen molar-refractivity contribution in [1.82, 2.24) is 20.0 Å². The minimum absolute atomic E-state index is 0.179. The fourth-order valence-corrected chi connectivity index (χ4v) is 3.94. The van der Waals surface area contributed by atoms with Crippen molar-refractivity contribution in [2.45, 2.75) is 25.4 Å². The van der Waals surface area contributed by atoms with E-state index in [-0.39, 0.29) is 6.04 Å². The first-order chi connectivity index (χ1) is 13.3. The van der Waals surface area contributed by atoms with Crippen LogP contribution in [0.5, 0.6) is 5.88 Å². The van der Waals surface area contributed by atoms with Gasteiger partial charge in [0, 0.05) is 36.4 Å². The molecule has 0 amide bonds. The zero-order valence-corrected chi connectivity index (χ0v) is 16.0. The lowest BCUT2D eigenvalue weighted by atomic mass is 10.2. The maximum atomic E-state index is 5.59. The van der Waals surface area contributed by atoms with Crippen molar-refractivity contribution in [3.8, 4) is 17.3 Å². The van der Waals surface area contributed by atoms with Crippen LogP contribution in [0.15, 0.2) is 40.4 Å². The van der Waals surface area contributed by atoms with Gasteiger partial charge in [-0.1, -0.05) is 11.2 Å². The number of thiophene rings is 1. The Bertz CT molecular complexity index is 835. The van der Waals surface area contributed by atoms with Gasteiger partial charge in [-0.05, 0) is 36.9 Å². The number of methoxy groups -OCH3 is 1. The molecule has 8 heteroatoms. The highest BCUT2D eigenvalue weighted by Crippen LogP contribution is 2.33. The number of likely N-dealkylation sites (tertiary alicyclic amines) is 1. The zero-order valence-electron chi connectivity index (χ0n) is 15.2. The quantitative estimate of drug-likeness (QED) is 0.548. The third kappa shape index (κ3) is 4.35. The molecule has 0 aromatic carbocycles. The molecule has 0 unspecified atom stereocenters. The lowest BCUT2D eigenvalue weighted by Crippen LogP contribution is -2.22. The van der Waals surface area contributed by atoms with Crippen LogP contribution in [0.25, 0.3) is 11.4 Å². The number of hydrogen-bond acceptors (Lipinski definition) is 8. The second-order valence-electron chi connectivity index (χ2n) is 6.39. The van der Waals surface area contributed by atoms with Crippen molar-refractivity contribution < 1.29 is 14.0 Å². The first-order valence-corrected chi connectivity index (χ1v) is 9.89. The Labute approximate surface area is 161 Å². The van der Waals surface area contributed by atoms with E-state index >= 15 is 0 Å². The average molecular weight is 386 g/mol. The van der Waals surface area contributed by atoms with E-state index in [1.165, 1.54) is 4.88 Å². The van der Waals surface area contributed by atoms with Crippen LogP contribution in [-0.2, 0) is 11.3 Å². The Morgan fingerprint density at radius 2 is 2.26 bits per heavy atom. The maximum Gasteiger partial charge on any atom is 0.244 e. The van der Waals surface area contributed by atoms with Crippen LogP contribution in [0.3, 0.4) is 0 Å². The predicted octanol–water partition coefficient (Wildman–Crippen LogP) is 3.56.